The van der Waals surface area contributed by atoms with Crippen LogP contribution in [-0.2, 0) is 9.47 Å². The van der Waals surface area contributed by atoms with Crippen molar-refractivity contribution >= 4 is 0 Å². The number of hydrogen-bond donors (Lipinski definition) is 4. The summed E-state index contributed by atoms with van der Waals surface area (Å²) in [5.74, 6) is 0.593. The molecule has 0 amide bonds. The molecule has 1 saturated carbocycles. The fourth-order valence-corrected chi connectivity index (χ4v) is 4.41. The van der Waals surface area contributed by atoms with Gasteiger partial charge in [-0.05, 0) is 45.4 Å². The van der Waals surface area contributed by atoms with Crippen LogP contribution >= 0.6 is 0 Å². The molecule has 4 aliphatic rings. The summed E-state index contributed by atoms with van der Waals surface area (Å²) < 4.78 is 12.1. The van der Waals surface area contributed by atoms with Crippen LogP contribution in [0.2, 0.25) is 0 Å². The third-order valence-corrected chi connectivity index (χ3v) is 5.71. The van der Waals surface area contributed by atoms with E-state index >= 15 is 0 Å². The monoisotopic (exact) mass is 325 g/mol. The maximum Gasteiger partial charge on any atom is 0.0919 e. The second-order valence-corrected chi connectivity index (χ2v) is 7.44. The minimum atomic E-state index is 0.291. The van der Waals surface area contributed by atoms with Gasteiger partial charge in [0.1, 0.15) is 0 Å². The highest BCUT2D eigenvalue weighted by Gasteiger charge is 2.44. The van der Waals surface area contributed by atoms with E-state index in [0.29, 0.717) is 36.5 Å². The first-order valence-electron chi connectivity index (χ1n) is 9.30. The van der Waals surface area contributed by atoms with Crippen molar-refractivity contribution in [3.63, 3.8) is 0 Å². The molecule has 4 rings (SSSR count). The summed E-state index contributed by atoms with van der Waals surface area (Å²) in [5.41, 5.74) is 10.6. The van der Waals surface area contributed by atoms with Gasteiger partial charge in [-0.1, -0.05) is 0 Å². The molecule has 3 heterocycles. The van der Waals surface area contributed by atoms with Crippen LogP contribution in [0.5, 0.6) is 0 Å². The molecule has 4 bridgehead atoms. The zero-order valence-corrected chi connectivity index (χ0v) is 14.1. The van der Waals surface area contributed by atoms with E-state index in [1.807, 2.05) is 0 Å². The van der Waals surface area contributed by atoms with Gasteiger partial charge in [0.2, 0.25) is 0 Å². The predicted molar refractivity (Wildman–Crippen MR) is 87.0 cm³/mol. The van der Waals surface area contributed by atoms with Gasteiger partial charge >= 0.3 is 0 Å². The number of hydrogen-bond acceptors (Lipinski definition) is 7. The topological polar surface area (TPSA) is 69.8 Å². The first-order chi connectivity index (χ1) is 11.3. The lowest BCUT2D eigenvalue weighted by Crippen LogP contribution is -2.52. The first-order valence-corrected chi connectivity index (χ1v) is 9.30. The van der Waals surface area contributed by atoms with Crippen molar-refractivity contribution in [2.24, 2.45) is 5.92 Å². The molecule has 23 heavy (non-hydrogen) atoms. The Morgan fingerprint density at radius 1 is 1.04 bits per heavy atom. The molecule has 0 radical (unpaired) electrons. The number of ether oxygens (including phenoxy) is 2. The van der Waals surface area contributed by atoms with Crippen LogP contribution in [0.1, 0.15) is 45.4 Å². The molecule has 7 heteroatoms. The average Bonchev–Trinajstić information content (AvgIpc) is 3.16. The number of hydrazine groups is 2. The van der Waals surface area contributed by atoms with E-state index in [9.17, 15) is 0 Å². The molecule has 7 nitrogen and oxygen atoms in total. The van der Waals surface area contributed by atoms with Crippen molar-refractivity contribution in [2.75, 3.05) is 19.9 Å². The minimum Gasteiger partial charge on any atom is -0.381 e. The molecule has 0 aromatic heterocycles. The third kappa shape index (κ3) is 3.71. The van der Waals surface area contributed by atoms with Gasteiger partial charge in [-0.15, -0.1) is 0 Å². The normalized spacial score (nSPS) is 48.7. The molecule has 0 aromatic carbocycles. The van der Waals surface area contributed by atoms with E-state index in [4.69, 9.17) is 9.47 Å². The van der Waals surface area contributed by atoms with Crippen molar-refractivity contribution in [3.05, 3.63) is 0 Å². The smallest absolute Gasteiger partial charge is 0.0919 e. The average molecular weight is 325 g/mol. The van der Waals surface area contributed by atoms with E-state index in [1.54, 1.807) is 0 Å². The first kappa shape index (κ1) is 16.2. The van der Waals surface area contributed by atoms with Crippen LogP contribution in [-0.4, -0.2) is 55.5 Å². The Morgan fingerprint density at radius 3 is 2.96 bits per heavy atom. The second kappa shape index (κ2) is 7.31. The highest BCUT2D eigenvalue weighted by atomic mass is 16.5. The predicted octanol–water partition coefficient (Wildman–Crippen LogP) is 0.257. The molecule has 0 spiro atoms. The van der Waals surface area contributed by atoms with Gasteiger partial charge in [-0.25, -0.2) is 15.9 Å². The Kier molecular flexibility index (Phi) is 5.15. The Bertz CT molecular complexity index is 399. The Balaban J connectivity index is 1.45. The highest BCUT2D eigenvalue weighted by molar-refractivity contribution is 4.96. The van der Waals surface area contributed by atoms with Crippen LogP contribution in [0.25, 0.3) is 0 Å². The number of rotatable bonds is 0. The molecule has 3 aliphatic heterocycles. The van der Waals surface area contributed by atoms with E-state index in [2.05, 4.69) is 33.5 Å². The van der Waals surface area contributed by atoms with Gasteiger partial charge in [0, 0.05) is 25.2 Å². The van der Waals surface area contributed by atoms with Crippen molar-refractivity contribution < 1.29 is 9.47 Å². The number of nitrogens with one attached hydrogen (secondary N) is 4. The molecule has 4 fully saturated rings. The Morgan fingerprint density at radius 2 is 2.00 bits per heavy atom. The molecule has 4 N–H and O–H groups in total. The van der Waals surface area contributed by atoms with Gasteiger partial charge in [-0.3, -0.25) is 10.7 Å². The van der Waals surface area contributed by atoms with Gasteiger partial charge in [0.05, 0.1) is 31.2 Å². The fourth-order valence-electron chi connectivity index (χ4n) is 4.41. The van der Waals surface area contributed by atoms with Gasteiger partial charge < -0.3 is 9.47 Å². The molecular formula is C16H31N5O2. The standard InChI is InChI=1S/C16H31N5O2/c1-11-6-8-22-7-2-3-15-17-10-21(20-15)16-13-9-12(23-11)4-5-14(13)18-19-16/h11-20H,2-10H2,1H3/t11-,12?,13?,14?,15?,16?/m1/s1. The lowest BCUT2D eigenvalue weighted by molar-refractivity contribution is -0.0534. The molecule has 7 atom stereocenters. The lowest BCUT2D eigenvalue weighted by Gasteiger charge is -2.36. The maximum absolute atomic E-state index is 6.31. The summed E-state index contributed by atoms with van der Waals surface area (Å²) in [7, 11) is 0. The van der Waals surface area contributed by atoms with Crippen LogP contribution in [0.4, 0.5) is 0 Å². The Labute approximate surface area is 138 Å². The van der Waals surface area contributed by atoms with E-state index in [0.717, 1.165) is 52.0 Å². The largest absolute Gasteiger partial charge is 0.381 e. The van der Waals surface area contributed by atoms with Crippen molar-refractivity contribution in [3.8, 4) is 0 Å². The van der Waals surface area contributed by atoms with Crippen molar-refractivity contribution in [2.45, 2.75) is 76.0 Å². The third-order valence-electron chi connectivity index (χ3n) is 5.71. The zero-order chi connectivity index (χ0) is 15.6. The summed E-state index contributed by atoms with van der Waals surface area (Å²) in [6.45, 7) is 4.72. The molecule has 132 valence electrons. The van der Waals surface area contributed by atoms with Crippen LogP contribution in [0.15, 0.2) is 0 Å². The minimum absolute atomic E-state index is 0.291. The van der Waals surface area contributed by atoms with Crippen molar-refractivity contribution in [1.82, 2.24) is 26.6 Å². The summed E-state index contributed by atoms with van der Waals surface area (Å²) >= 11 is 0. The van der Waals surface area contributed by atoms with Crippen LogP contribution in [0.3, 0.4) is 0 Å². The summed E-state index contributed by atoms with van der Waals surface area (Å²) in [6.07, 6.45) is 8.01. The lowest BCUT2D eigenvalue weighted by atomic mass is 9.82. The SMILES string of the molecule is C[C@@H]1CCOCCCC2NCN(N2)C2NNC3CCC(CC32)O1. The van der Waals surface area contributed by atoms with E-state index < -0.39 is 0 Å². The van der Waals surface area contributed by atoms with Crippen LogP contribution in [0, 0.1) is 5.92 Å². The maximum atomic E-state index is 6.31. The summed E-state index contributed by atoms with van der Waals surface area (Å²) in [5, 5.41) is 5.89. The molecule has 1 aliphatic carbocycles. The summed E-state index contributed by atoms with van der Waals surface area (Å²) in [6, 6.07) is 0.565. The molecule has 6 unspecified atom stereocenters. The number of nitrogens with zero attached hydrogens (tertiary/aromatic N) is 1. The van der Waals surface area contributed by atoms with Gasteiger partial charge in [-0.2, -0.15) is 0 Å². The van der Waals surface area contributed by atoms with Gasteiger partial charge in [0.15, 0.2) is 0 Å². The van der Waals surface area contributed by atoms with Crippen LogP contribution < -0.4 is 21.6 Å². The van der Waals surface area contributed by atoms with Crippen molar-refractivity contribution in [1.29, 1.82) is 0 Å². The molecular weight excluding hydrogens is 294 g/mol. The molecule has 0 aromatic rings. The van der Waals surface area contributed by atoms with Gasteiger partial charge in [0.25, 0.3) is 0 Å². The van der Waals surface area contributed by atoms with E-state index in [-0.39, 0.29) is 0 Å². The highest BCUT2D eigenvalue weighted by Crippen LogP contribution is 2.34. The second-order valence-electron chi connectivity index (χ2n) is 7.44. The van der Waals surface area contributed by atoms with E-state index in [1.165, 1.54) is 6.42 Å². The molecule has 3 saturated heterocycles. The Hall–Kier alpha value is -0.280. The fraction of sp³-hybridized carbons (Fsp3) is 1.00. The summed E-state index contributed by atoms with van der Waals surface area (Å²) in [4.78, 5) is 0. The zero-order valence-electron chi connectivity index (χ0n) is 14.1. The quantitative estimate of drug-likeness (QED) is 0.509. The number of fused-ring (bicyclic) bond motifs is 4.